The summed E-state index contributed by atoms with van der Waals surface area (Å²) in [7, 11) is 0. The number of carbonyl (C=O) groups is 2. The van der Waals surface area contributed by atoms with Crippen LogP contribution in [0.25, 0.3) is 10.4 Å². The number of urea groups is 1. The first kappa shape index (κ1) is 18.5. The number of azide groups is 1. The average Bonchev–Trinajstić information content (AvgIpc) is 3.23. The second-order valence-corrected chi connectivity index (χ2v) is 6.15. The summed E-state index contributed by atoms with van der Waals surface area (Å²) in [5.74, 6) is -0.655. The second kappa shape index (κ2) is 7.51. The minimum absolute atomic E-state index is 0.109. The molecule has 0 radical (unpaired) electrons. The summed E-state index contributed by atoms with van der Waals surface area (Å²) in [5, 5.41) is 8.46. The van der Waals surface area contributed by atoms with E-state index in [-0.39, 0.29) is 19.6 Å². The third-order valence-corrected chi connectivity index (χ3v) is 4.31. The molecule has 0 aromatic carbocycles. The minimum Gasteiger partial charge on any atom is -0.461 e. The first-order valence-corrected chi connectivity index (χ1v) is 8.11. The largest absolute Gasteiger partial charge is 0.461 e. The third-order valence-electron chi connectivity index (χ3n) is 4.31. The van der Waals surface area contributed by atoms with E-state index in [9.17, 15) is 19.2 Å². The Morgan fingerprint density at radius 1 is 1.48 bits per heavy atom. The van der Waals surface area contributed by atoms with Gasteiger partial charge in [0.15, 0.2) is 0 Å². The van der Waals surface area contributed by atoms with Crippen molar-refractivity contribution in [1.82, 2.24) is 20.2 Å². The monoisotopic (exact) mass is 379 g/mol. The van der Waals surface area contributed by atoms with Crippen LogP contribution in [-0.4, -0.2) is 52.9 Å². The van der Waals surface area contributed by atoms with Crippen molar-refractivity contribution < 1.29 is 19.1 Å². The number of nitrogens with one attached hydrogen (secondary N) is 3. The molecule has 2 amide bonds. The molecule has 4 atom stereocenters. The van der Waals surface area contributed by atoms with Crippen molar-refractivity contribution in [2.45, 2.75) is 37.8 Å². The lowest BCUT2D eigenvalue weighted by atomic mass is 10.1. The van der Waals surface area contributed by atoms with Crippen molar-refractivity contribution in [2.24, 2.45) is 5.11 Å². The van der Waals surface area contributed by atoms with Crippen LogP contribution in [0.1, 0.15) is 18.2 Å². The van der Waals surface area contributed by atoms with Crippen LogP contribution in [0.5, 0.6) is 0 Å². The van der Waals surface area contributed by atoms with Gasteiger partial charge in [0, 0.05) is 23.1 Å². The van der Waals surface area contributed by atoms with Crippen LogP contribution in [0.15, 0.2) is 20.9 Å². The van der Waals surface area contributed by atoms with Gasteiger partial charge < -0.3 is 20.1 Å². The fraction of sp³-hybridized carbons (Fsp3) is 0.571. The van der Waals surface area contributed by atoms with Crippen LogP contribution < -0.4 is 21.9 Å². The van der Waals surface area contributed by atoms with Gasteiger partial charge in [-0.1, -0.05) is 5.11 Å². The van der Waals surface area contributed by atoms with Crippen LogP contribution in [0.3, 0.4) is 0 Å². The van der Waals surface area contributed by atoms with Crippen molar-refractivity contribution in [3.05, 3.63) is 43.0 Å². The summed E-state index contributed by atoms with van der Waals surface area (Å²) in [4.78, 5) is 51.5. The maximum absolute atomic E-state index is 12.0. The van der Waals surface area contributed by atoms with Gasteiger partial charge in [-0.3, -0.25) is 14.3 Å². The summed E-state index contributed by atoms with van der Waals surface area (Å²) in [6, 6.07) is -1.95. The zero-order valence-electron chi connectivity index (χ0n) is 14.2. The lowest BCUT2D eigenvalue weighted by molar-refractivity contribution is -0.150. The number of nitrogens with zero attached hydrogens (tertiary/aromatic N) is 4. The Hall–Kier alpha value is -3.31. The molecule has 2 saturated heterocycles. The molecule has 2 fully saturated rings. The number of ether oxygens (including phenoxy) is 2. The second-order valence-electron chi connectivity index (χ2n) is 6.15. The highest BCUT2D eigenvalue weighted by atomic mass is 16.6. The van der Waals surface area contributed by atoms with Crippen LogP contribution in [-0.2, 0) is 14.3 Å². The number of amides is 2. The molecule has 1 aromatic rings. The molecular weight excluding hydrogens is 362 g/mol. The molecule has 3 rings (SSSR count). The molecule has 0 bridgehead atoms. The number of aromatic nitrogens is 2. The van der Waals surface area contributed by atoms with Crippen LogP contribution in [0, 0.1) is 6.92 Å². The summed E-state index contributed by atoms with van der Waals surface area (Å²) < 4.78 is 12.1. The van der Waals surface area contributed by atoms with Gasteiger partial charge in [-0.2, -0.15) is 0 Å². The summed E-state index contributed by atoms with van der Waals surface area (Å²) in [6.07, 6.45) is -0.0499. The van der Waals surface area contributed by atoms with E-state index in [0.29, 0.717) is 5.56 Å². The molecule has 0 saturated carbocycles. The highest BCUT2D eigenvalue weighted by molar-refractivity contribution is 5.87. The fourth-order valence-corrected chi connectivity index (χ4v) is 2.89. The van der Waals surface area contributed by atoms with Crippen LogP contribution >= 0.6 is 0 Å². The molecule has 13 nitrogen and oxygen atoms in total. The number of aromatic amines is 1. The maximum Gasteiger partial charge on any atom is 0.330 e. The highest BCUT2D eigenvalue weighted by Gasteiger charge is 2.38. The summed E-state index contributed by atoms with van der Waals surface area (Å²) >= 11 is 0. The lowest BCUT2D eigenvalue weighted by Gasteiger charge is -2.17. The molecule has 1 unspecified atom stereocenters. The number of H-pyrrole nitrogens is 1. The van der Waals surface area contributed by atoms with Gasteiger partial charge in [0.1, 0.15) is 25.0 Å². The first-order chi connectivity index (χ1) is 12.9. The molecular formula is C14H17N7O6. The molecule has 2 aliphatic heterocycles. The lowest BCUT2D eigenvalue weighted by Crippen LogP contribution is -2.38. The van der Waals surface area contributed by atoms with Gasteiger partial charge >= 0.3 is 17.7 Å². The zero-order chi connectivity index (χ0) is 19.6. The topological polar surface area (TPSA) is 180 Å². The van der Waals surface area contributed by atoms with Gasteiger partial charge in [-0.15, -0.1) is 0 Å². The number of aryl methyl sites for hydroxylation is 1. The van der Waals surface area contributed by atoms with Crippen molar-refractivity contribution in [3.8, 4) is 0 Å². The summed E-state index contributed by atoms with van der Waals surface area (Å²) in [6.45, 7) is 1.43. The zero-order valence-corrected chi connectivity index (χ0v) is 14.2. The van der Waals surface area contributed by atoms with E-state index < -0.39 is 47.7 Å². The van der Waals surface area contributed by atoms with E-state index in [1.54, 1.807) is 0 Å². The number of rotatable bonds is 5. The number of carbonyl (C=O) groups excluding carboxylic acids is 2. The molecule has 144 valence electrons. The van der Waals surface area contributed by atoms with Crippen molar-refractivity contribution in [3.63, 3.8) is 0 Å². The van der Waals surface area contributed by atoms with Crippen molar-refractivity contribution >= 4 is 12.0 Å². The minimum atomic E-state index is -0.808. The quantitative estimate of drug-likeness (QED) is 0.256. The number of esters is 1. The van der Waals surface area contributed by atoms with E-state index in [1.807, 2.05) is 0 Å². The van der Waals surface area contributed by atoms with E-state index >= 15 is 0 Å². The fourth-order valence-electron chi connectivity index (χ4n) is 2.89. The Morgan fingerprint density at radius 2 is 2.26 bits per heavy atom. The van der Waals surface area contributed by atoms with E-state index in [4.69, 9.17) is 15.0 Å². The molecule has 1 aromatic heterocycles. The van der Waals surface area contributed by atoms with E-state index in [0.717, 1.165) is 0 Å². The third kappa shape index (κ3) is 3.93. The van der Waals surface area contributed by atoms with Gasteiger partial charge in [-0.25, -0.2) is 14.4 Å². The predicted octanol–water partition coefficient (Wildman–Crippen LogP) is -0.964. The highest BCUT2D eigenvalue weighted by Crippen LogP contribution is 2.30. The Bertz CT molecular complexity index is 917. The average molecular weight is 379 g/mol. The number of hydrogen-bond acceptors (Lipinski definition) is 7. The standard InChI is InChI=1S/C14H17N7O6/c1-6-4-21(14(25)18-11(6)22)10-2-7(19-20-15)9(27-10)5-26-12(23)8-3-16-13(24)17-8/h4,7-10H,2-3,5H2,1H3,(H2,16,17,24)(H,18,22,25)/t7-,8?,9+,10+/m0/s1. The maximum atomic E-state index is 12.0. The van der Waals surface area contributed by atoms with Gasteiger partial charge in [0.2, 0.25) is 0 Å². The number of hydrogen-bond donors (Lipinski definition) is 3. The van der Waals surface area contributed by atoms with Gasteiger partial charge in [0.25, 0.3) is 5.56 Å². The Labute approximate surface area is 151 Å². The van der Waals surface area contributed by atoms with Crippen molar-refractivity contribution in [2.75, 3.05) is 13.2 Å². The molecule has 27 heavy (non-hydrogen) atoms. The molecule has 0 spiro atoms. The van der Waals surface area contributed by atoms with E-state index in [1.165, 1.54) is 17.7 Å². The molecule has 13 heteroatoms. The predicted molar refractivity (Wildman–Crippen MR) is 88.8 cm³/mol. The first-order valence-electron chi connectivity index (χ1n) is 8.11. The van der Waals surface area contributed by atoms with Crippen LogP contribution in [0.2, 0.25) is 0 Å². The molecule has 0 aliphatic carbocycles. The van der Waals surface area contributed by atoms with E-state index in [2.05, 4.69) is 25.6 Å². The molecule has 3 heterocycles. The SMILES string of the molecule is Cc1cn([C@H]2C[C@H](N=[N+]=[N-])[C@@H](COC(=O)C3CNC(=O)N3)O2)c(=O)[nH]c1=O. The Morgan fingerprint density at radius 3 is 2.93 bits per heavy atom. The van der Waals surface area contributed by atoms with Gasteiger partial charge in [-0.05, 0) is 12.5 Å². The van der Waals surface area contributed by atoms with Gasteiger partial charge in [0.05, 0.1) is 12.6 Å². The smallest absolute Gasteiger partial charge is 0.330 e. The Kier molecular flexibility index (Phi) is 5.14. The normalized spacial score (nSPS) is 26.8. The molecule has 2 aliphatic rings. The van der Waals surface area contributed by atoms with Crippen molar-refractivity contribution in [1.29, 1.82) is 0 Å². The Balaban J connectivity index is 1.70. The molecule has 3 N–H and O–H groups in total. The summed E-state index contributed by atoms with van der Waals surface area (Å²) in [5.41, 5.74) is 7.90. The van der Waals surface area contributed by atoms with Crippen LogP contribution in [0.4, 0.5) is 4.79 Å².